The molecule has 132 valence electrons. The Morgan fingerprint density at radius 2 is 2.00 bits per heavy atom. The van der Waals surface area contributed by atoms with E-state index in [9.17, 15) is 18.0 Å². The maximum absolute atomic E-state index is 12.2. The van der Waals surface area contributed by atoms with E-state index in [4.69, 9.17) is 4.74 Å². The normalized spacial score (nSPS) is 14.2. The molecule has 1 aliphatic rings. The molecule has 1 fully saturated rings. The van der Waals surface area contributed by atoms with E-state index >= 15 is 0 Å². The van der Waals surface area contributed by atoms with Crippen LogP contribution in [0.3, 0.4) is 0 Å². The van der Waals surface area contributed by atoms with Crippen LogP contribution in [0.1, 0.15) is 42.1 Å². The number of carbonyl (C=O) groups excluding carboxylic acids is 2. The first-order valence-electron chi connectivity index (χ1n) is 7.90. The second-order valence-corrected chi connectivity index (χ2v) is 7.40. The van der Waals surface area contributed by atoms with Crippen molar-refractivity contribution in [3.8, 4) is 0 Å². The Hall–Kier alpha value is -1.93. The molecule has 24 heavy (non-hydrogen) atoms. The monoisotopic (exact) mass is 354 g/mol. The predicted octanol–water partition coefficient (Wildman–Crippen LogP) is 1.12. The highest BCUT2D eigenvalue weighted by Crippen LogP contribution is 2.23. The lowest BCUT2D eigenvalue weighted by Crippen LogP contribution is -2.28. The molecule has 2 rings (SSSR count). The fourth-order valence-corrected chi connectivity index (χ4v) is 3.44. The molecule has 7 nitrogen and oxygen atoms in total. The van der Waals surface area contributed by atoms with E-state index in [2.05, 4.69) is 10.0 Å². The Bertz CT molecular complexity index is 726. The average molecular weight is 354 g/mol. The van der Waals surface area contributed by atoms with Gasteiger partial charge < -0.3 is 10.1 Å². The van der Waals surface area contributed by atoms with Gasteiger partial charge in [0, 0.05) is 18.2 Å². The zero-order valence-corrected chi connectivity index (χ0v) is 14.6. The smallest absolute Gasteiger partial charge is 0.307 e. The van der Waals surface area contributed by atoms with Gasteiger partial charge in [0.2, 0.25) is 10.0 Å². The first-order valence-corrected chi connectivity index (χ1v) is 9.38. The van der Waals surface area contributed by atoms with Crippen molar-refractivity contribution in [1.29, 1.82) is 0 Å². The van der Waals surface area contributed by atoms with Crippen LogP contribution in [0.4, 0.5) is 0 Å². The number of hydrogen-bond acceptors (Lipinski definition) is 5. The second kappa shape index (κ2) is 7.76. The molecule has 0 radical (unpaired) electrons. The van der Waals surface area contributed by atoms with Crippen LogP contribution in [0.2, 0.25) is 0 Å². The maximum Gasteiger partial charge on any atom is 0.307 e. The number of nitrogens with one attached hydrogen (secondary N) is 2. The number of ether oxygens (including phenoxy) is 1. The Kier molecular flexibility index (Phi) is 5.95. The van der Waals surface area contributed by atoms with Gasteiger partial charge in [0.25, 0.3) is 5.91 Å². The number of esters is 1. The highest BCUT2D eigenvalue weighted by molar-refractivity contribution is 7.89. The number of sulfonamides is 1. The van der Waals surface area contributed by atoms with Gasteiger partial charge in [-0.2, -0.15) is 0 Å². The molecule has 1 aromatic rings. The second-order valence-electron chi connectivity index (χ2n) is 5.68. The van der Waals surface area contributed by atoms with Crippen molar-refractivity contribution >= 4 is 21.9 Å². The van der Waals surface area contributed by atoms with Gasteiger partial charge in [0.1, 0.15) is 0 Å². The summed E-state index contributed by atoms with van der Waals surface area (Å²) in [4.78, 5) is 23.6. The van der Waals surface area contributed by atoms with E-state index < -0.39 is 15.9 Å². The third kappa shape index (κ3) is 5.04. The summed E-state index contributed by atoms with van der Waals surface area (Å²) in [6, 6.07) is 4.44. The van der Waals surface area contributed by atoms with E-state index in [0.29, 0.717) is 12.2 Å². The minimum Gasteiger partial charge on any atom is -0.466 e. The van der Waals surface area contributed by atoms with Crippen molar-refractivity contribution in [2.24, 2.45) is 0 Å². The molecule has 0 spiro atoms. The highest BCUT2D eigenvalue weighted by Gasteiger charge is 2.28. The molecule has 0 aromatic heterocycles. The average Bonchev–Trinajstić information content (AvgIpc) is 3.30. The van der Waals surface area contributed by atoms with Crippen molar-refractivity contribution < 1.29 is 22.7 Å². The lowest BCUT2D eigenvalue weighted by Gasteiger charge is -2.11. The predicted molar refractivity (Wildman–Crippen MR) is 88.1 cm³/mol. The van der Waals surface area contributed by atoms with Crippen LogP contribution < -0.4 is 10.0 Å². The summed E-state index contributed by atoms with van der Waals surface area (Å²) in [5, 5.41) is 2.61. The molecule has 1 saturated carbocycles. The van der Waals surface area contributed by atoms with Crippen molar-refractivity contribution in [2.45, 2.75) is 44.0 Å². The van der Waals surface area contributed by atoms with Crippen molar-refractivity contribution in [2.75, 3.05) is 13.2 Å². The Balaban J connectivity index is 2.04. The summed E-state index contributed by atoms with van der Waals surface area (Å²) in [6.45, 7) is 3.86. The van der Waals surface area contributed by atoms with Gasteiger partial charge in [-0.1, -0.05) is 6.07 Å². The quantitative estimate of drug-likeness (QED) is 0.681. The van der Waals surface area contributed by atoms with Crippen LogP contribution in [-0.2, 0) is 19.6 Å². The van der Waals surface area contributed by atoms with E-state index in [1.54, 1.807) is 19.9 Å². The van der Waals surface area contributed by atoms with Gasteiger partial charge in [-0.25, -0.2) is 13.1 Å². The molecule has 1 aromatic carbocycles. The third-order valence-electron chi connectivity index (χ3n) is 3.58. The summed E-state index contributed by atoms with van der Waals surface area (Å²) in [6.07, 6.45) is 1.75. The Morgan fingerprint density at radius 3 is 2.62 bits per heavy atom. The highest BCUT2D eigenvalue weighted by atomic mass is 32.2. The number of amides is 1. The van der Waals surface area contributed by atoms with Crippen LogP contribution >= 0.6 is 0 Å². The summed E-state index contributed by atoms with van der Waals surface area (Å²) >= 11 is 0. The van der Waals surface area contributed by atoms with E-state index in [-0.39, 0.29) is 35.4 Å². The molecular formula is C16H22N2O5S. The lowest BCUT2D eigenvalue weighted by atomic mass is 10.1. The Labute approximate surface area is 141 Å². The number of hydrogen-bond donors (Lipinski definition) is 2. The zero-order valence-electron chi connectivity index (χ0n) is 13.8. The molecule has 0 bridgehead atoms. The van der Waals surface area contributed by atoms with E-state index in [0.717, 1.165) is 12.8 Å². The fraction of sp³-hybridized carbons (Fsp3) is 0.500. The van der Waals surface area contributed by atoms with Gasteiger partial charge in [-0.3, -0.25) is 9.59 Å². The number of rotatable bonds is 8. The molecule has 0 saturated heterocycles. The van der Waals surface area contributed by atoms with Crippen molar-refractivity contribution in [1.82, 2.24) is 10.0 Å². The summed E-state index contributed by atoms with van der Waals surface area (Å²) < 4.78 is 31.8. The molecule has 2 N–H and O–H groups in total. The van der Waals surface area contributed by atoms with Gasteiger partial charge in [-0.15, -0.1) is 0 Å². The summed E-state index contributed by atoms with van der Waals surface area (Å²) in [5.41, 5.74) is 0.937. The number of carbonyl (C=O) groups is 2. The first-order chi connectivity index (χ1) is 11.3. The van der Waals surface area contributed by atoms with Crippen LogP contribution in [-0.4, -0.2) is 39.5 Å². The number of benzene rings is 1. The fourth-order valence-electron chi connectivity index (χ4n) is 2.11. The van der Waals surface area contributed by atoms with Crippen molar-refractivity contribution in [3.05, 3.63) is 29.3 Å². The molecule has 0 aliphatic heterocycles. The van der Waals surface area contributed by atoms with Crippen LogP contribution in [0.5, 0.6) is 0 Å². The molecule has 1 amide bonds. The summed E-state index contributed by atoms with van der Waals surface area (Å²) in [5.74, 6) is -0.806. The van der Waals surface area contributed by atoms with Crippen LogP contribution in [0.25, 0.3) is 0 Å². The molecule has 8 heteroatoms. The number of aryl methyl sites for hydroxylation is 1. The standard InChI is InChI=1S/C16H22N2O5S/c1-3-23-15(19)8-9-17-16(20)14-10-13(7-4-11(14)2)24(21,22)18-12-5-6-12/h4,7,10,12,18H,3,5-6,8-9H2,1-2H3,(H,17,20). The third-order valence-corrected chi connectivity index (χ3v) is 5.10. The van der Waals surface area contributed by atoms with Crippen LogP contribution in [0, 0.1) is 6.92 Å². The van der Waals surface area contributed by atoms with E-state index in [1.165, 1.54) is 12.1 Å². The largest absolute Gasteiger partial charge is 0.466 e. The molecular weight excluding hydrogens is 332 g/mol. The topological polar surface area (TPSA) is 102 Å². The molecule has 1 aliphatic carbocycles. The van der Waals surface area contributed by atoms with Crippen molar-refractivity contribution in [3.63, 3.8) is 0 Å². The first kappa shape index (κ1) is 18.4. The van der Waals surface area contributed by atoms with Gasteiger partial charge in [0.05, 0.1) is 17.9 Å². The lowest BCUT2D eigenvalue weighted by molar-refractivity contribution is -0.142. The van der Waals surface area contributed by atoms with E-state index in [1.807, 2.05) is 0 Å². The molecule has 0 heterocycles. The molecule has 0 atom stereocenters. The van der Waals surface area contributed by atoms with Gasteiger partial charge in [0.15, 0.2) is 0 Å². The van der Waals surface area contributed by atoms with Crippen LogP contribution in [0.15, 0.2) is 23.1 Å². The molecule has 0 unspecified atom stereocenters. The van der Waals surface area contributed by atoms with Gasteiger partial charge >= 0.3 is 5.97 Å². The SMILES string of the molecule is CCOC(=O)CCNC(=O)c1cc(S(=O)(=O)NC2CC2)ccc1C. The Morgan fingerprint density at radius 1 is 1.29 bits per heavy atom. The van der Waals surface area contributed by atoms with Gasteiger partial charge in [-0.05, 0) is 44.4 Å². The maximum atomic E-state index is 12.2. The minimum atomic E-state index is -3.62. The minimum absolute atomic E-state index is 0.00171. The zero-order chi connectivity index (χ0) is 17.7. The summed E-state index contributed by atoms with van der Waals surface area (Å²) in [7, 11) is -3.62.